The minimum absolute atomic E-state index is 0. The normalized spacial score (nSPS) is 15.6. The first-order valence-corrected chi connectivity index (χ1v) is 8.64. The molecule has 6 nitrogen and oxygen atoms in total. The van der Waals surface area contributed by atoms with Gasteiger partial charge in [0.1, 0.15) is 12.1 Å². The molecule has 26 heavy (non-hydrogen) atoms. The number of nitrogens with one attached hydrogen (secondary N) is 1. The summed E-state index contributed by atoms with van der Waals surface area (Å²) >= 11 is 0. The van der Waals surface area contributed by atoms with Crippen molar-refractivity contribution in [1.82, 2.24) is 20.3 Å². The van der Waals surface area contributed by atoms with Gasteiger partial charge in [-0.15, -0.1) is 24.0 Å². The van der Waals surface area contributed by atoms with Crippen LogP contribution in [0.2, 0.25) is 0 Å². The zero-order valence-electron chi connectivity index (χ0n) is 14.9. The maximum atomic E-state index is 13.0. The van der Waals surface area contributed by atoms with E-state index < -0.39 is 0 Å². The molecule has 1 aliphatic heterocycles. The fraction of sp³-hybridized carbons (Fsp3) is 0.444. The van der Waals surface area contributed by atoms with E-state index in [1.54, 1.807) is 18.4 Å². The van der Waals surface area contributed by atoms with Crippen molar-refractivity contribution in [2.24, 2.45) is 4.99 Å². The lowest BCUT2D eigenvalue weighted by Crippen LogP contribution is -2.52. The second kappa shape index (κ2) is 10.5. The van der Waals surface area contributed by atoms with Gasteiger partial charge in [-0.2, -0.15) is 0 Å². The van der Waals surface area contributed by atoms with Gasteiger partial charge in [0, 0.05) is 45.3 Å². The van der Waals surface area contributed by atoms with Crippen LogP contribution in [0.1, 0.15) is 18.2 Å². The topological polar surface area (TPSA) is 56.9 Å². The van der Waals surface area contributed by atoms with Gasteiger partial charge < -0.3 is 14.7 Å². The molecule has 0 atom stereocenters. The first kappa shape index (κ1) is 20.6. The van der Waals surface area contributed by atoms with Crippen molar-refractivity contribution in [3.63, 3.8) is 0 Å². The third-order valence-corrected chi connectivity index (χ3v) is 4.21. The number of nitrogens with zero attached hydrogens (tertiary/aromatic N) is 4. The van der Waals surface area contributed by atoms with Crippen LogP contribution in [0.5, 0.6) is 0 Å². The monoisotopic (exact) mass is 473 g/mol. The van der Waals surface area contributed by atoms with E-state index in [0.29, 0.717) is 6.54 Å². The molecule has 0 radical (unpaired) electrons. The van der Waals surface area contributed by atoms with Crippen LogP contribution in [0, 0.1) is 5.82 Å². The highest BCUT2D eigenvalue weighted by atomic mass is 127. The van der Waals surface area contributed by atoms with E-state index in [0.717, 1.165) is 56.5 Å². The Balaban J connectivity index is 0.00000243. The second-order valence-corrected chi connectivity index (χ2v) is 6.05. The molecule has 0 unspecified atom stereocenters. The molecule has 0 spiro atoms. The molecule has 1 N–H and O–H groups in total. The average Bonchev–Trinajstić information content (AvgIpc) is 3.14. The smallest absolute Gasteiger partial charge is 0.194 e. The molecular weight excluding hydrogens is 448 g/mol. The molecule has 0 saturated carbocycles. The Morgan fingerprint density at radius 2 is 1.92 bits per heavy atom. The maximum Gasteiger partial charge on any atom is 0.194 e. The van der Waals surface area contributed by atoms with Crippen molar-refractivity contribution in [3.05, 3.63) is 53.7 Å². The standard InChI is InChI=1S/C18H24FN5O.HI/c1-2-20-18(21-13-15-3-5-16(19)6-4-15)24-10-8-23(9-11-24)14-17-7-12-25-22-17;/h3-7,12H,2,8-11,13-14H2,1H3,(H,20,21);1H. The molecule has 0 amide bonds. The lowest BCUT2D eigenvalue weighted by molar-refractivity contribution is 0.169. The van der Waals surface area contributed by atoms with Crippen LogP contribution in [0.4, 0.5) is 4.39 Å². The number of aliphatic imine (C=N–C) groups is 1. The highest BCUT2D eigenvalue weighted by Crippen LogP contribution is 2.09. The van der Waals surface area contributed by atoms with Gasteiger partial charge in [-0.25, -0.2) is 9.38 Å². The number of hydrogen-bond donors (Lipinski definition) is 1. The van der Waals surface area contributed by atoms with Crippen LogP contribution < -0.4 is 5.32 Å². The largest absolute Gasteiger partial charge is 0.364 e. The molecule has 3 rings (SSSR count). The van der Waals surface area contributed by atoms with E-state index in [4.69, 9.17) is 9.52 Å². The Morgan fingerprint density at radius 1 is 1.19 bits per heavy atom. The first-order valence-electron chi connectivity index (χ1n) is 8.64. The Bertz CT molecular complexity index is 669. The maximum absolute atomic E-state index is 13.0. The Labute approximate surface area is 170 Å². The molecule has 0 bridgehead atoms. The van der Waals surface area contributed by atoms with Gasteiger partial charge >= 0.3 is 0 Å². The van der Waals surface area contributed by atoms with Crippen LogP contribution in [0.15, 0.2) is 46.1 Å². The van der Waals surface area contributed by atoms with Gasteiger partial charge in [-0.3, -0.25) is 4.90 Å². The second-order valence-electron chi connectivity index (χ2n) is 6.05. The van der Waals surface area contributed by atoms with Crippen LogP contribution in [0.25, 0.3) is 0 Å². The van der Waals surface area contributed by atoms with Gasteiger partial charge in [0.05, 0.1) is 12.2 Å². The summed E-state index contributed by atoms with van der Waals surface area (Å²) in [7, 11) is 0. The molecule has 2 heterocycles. The number of benzene rings is 1. The predicted octanol–water partition coefficient (Wildman–Crippen LogP) is 2.72. The zero-order chi connectivity index (χ0) is 17.5. The van der Waals surface area contributed by atoms with Gasteiger partial charge in [0.2, 0.25) is 0 Å². The summed E-state index contributed by atoms with van der Waals surface area (Å²) in [5, 5.41) is 7.32. The summed E-state index contributed by atoms with van der Waals surface area (Å²) < 4.78 is 17.9. The fourth-order valence-electron chi connectivity index (χ4n) is 2.85. The van der Waals surface area contributed by atoms with Crippen molar-refractivity contribution in [2.45, 2.75) is 20.0 Å². The van der Waals surface area contributed by atoms with Crippen molar-refractivity contribution in [1.29, 1.82) is 0 Å². The van der Waals surface area contributed by atoms with E-state index in [-0.39, 0.29) is 29.8 Å². The number of hydrogen-bond acceptors (Lipinski definition) is 4. The molecule has 1 aliphatic rings. The first-order chi connectivity index (χ1) is 12.2. The number of aromatic nitrogens is 1. The lowest BCUT2D eigenvalue weighted by Gasteiger charge is -2.36. The highest BCUT2D eigenvalue weighted by molar-refractivity contribution is 14.0. The molecule has 0 aliphatic carbocycles. The molecule has 8 heteroatoms. The SMILES string of the molecule is CCNC(=NCc1ccc(F)cc1)N1CCN(Cc2ccon2)CC1.I. The third kappa shape index (κ3) is 5.94. The van der Waals surface area contributed by atoms with Gasteiger partial charge in [0.25, 0.3) is 0 Å². The van der Waals surface area contributed by atoms with Crippen molar-refractivity contribution < 1.29 is 8.91 Å². The van der Waals surface area contributed by atoms with E-state index in [1.807, 2.05) is 6.07 Å². The summed E-state index contributed by atoms with van der Waals surface area (Å²) in [5.41, 5.74) is 1.96. The quantitative estimate of drug-likeness (QED) is 0.411. The molecule has 1 aromatic heterocycles. The summed E-state index contributed by atoms with van der Waals surface area (Å²) in [5.74, 6) is 0.691. The zero-order valence-corrected chi connectivity index (χ0v) is 17.2. The van der Waals surface area contributed by atoms with Gasteiger partial charge in [-0.1, -0.05) is 17.3 Å². The van der Waals surface area contributed by atoms with Crippen molar-refractivity contribution in [2.75, 3.05) is 32.7 Å². The molecular formula is C18H25FIN5O. The average molecular weight is 473 g/mol. The molecule has 1 saturated heterocycles. The molecule has 1 aromatic carbocycles. The van der Waals surface area contributed by atoms with Crippen LogP contribution in [-0.4, -0.2) is 53.6 Å². The molecule has 1 fully saturated rings. The summed E-state index contributed by atoms with van der Waals surface area (Å²) in [6, 6.07) is 8.40. The Hall–Kier alpha value is -1.68. The number of halogens is 2. The Kier molecular flexibility index (Phi) is 8.30. The fourth-order valence-corrected chi connectivity index (χ4v) is 2.85. The van der Waals surface area contributed by atoms with Crippen LogP contribution in [-0.2, 0) is 13.1 Å². The number of rotatable bonds is 5. The minimum Gasteiger partial charge on any atom is -0.364 e. The highest BCUT2D eigenvalue weighted by Gasteiger charge is 2.20. The summed E-state index contributed by atoms with van der Waals surface area (Å²) in [6.45, 7) is 7.97. The molecule has 2 aromatic rings. The van der Waals surface area contributed by atoms with Gasteiger partial charge in [-0.05, 0) is 24.6 Å². The lowest BCUT2D eigenvalue weighted by atomic mass is 10.2. The van der Waals surface area contributed by atoms with Gasteiger partial charge in [0.15, 0.2) is 5.96 Å². The van der Waals surface area contributed by atoms with E-state index in [9.17, 15) is 4.39 Å². The third-order valence-electron chi connectivity index (χ3n) is 4.21. The van der Waals surface area contributed by atoms with E-state index in [2.05, 4.69) is 27.2 Å². The van der Waals surface area contributed by atoms with Crippen LogP contribution >= 0.6 is 24.0 Å². The number of piperazine rings is 1. The molecule has 142 valence electrons. The van der Waals surface area contributed by atoms with E-state index in [1.165, 1.54) is 12.1 Å². The summed E-state index contributed by atoms with van der Waals surface area (Å²) in [4.78, 5) is 9.33. The van der Waals surface area contributed by atoms with Crippen molar-refractivity contribution >= 4 is 29.9 Å². The minimum atomic E-state index is -0.220. The Morgan fingerprint density at radius 3 is 2.54 bits per heavy atom. The van der Waals surface area contributed by atoms with Crippen LogP contribution in [0.3, 0.4) is 0 Å². The summed E-state index contributed by atoms with van der Waals surface area (Å²) in [6.07, 6.45) is 1.61. The van der Waals surface area contributed by atoms with Crippen molar-refractivity contribution in [3.8, 4) is 0 Å². The number of guanidine groups is 1. The van der Waals surface area contributed by atoms with E-state index >= 15 is 0 Å². The predicted molar refractivity (Wildman–Crippen MR) is 110 cm³/mol.